The summed E-state index contributed by atoms with van der Waals surface area (Å²) in [5, 5.41) is 2.99. The van der Waals surface area contributed by atoms with Gasteiger partial charge in [0.05, 0.1) is 13.3 Å². The van der Waals surface area contributed by atoms with Crippen molar-refractivity contribution in [1.29, 1.82) is 0 Å². The molecule has 0 atom stereocenters. The van der Waals surface area contributed by atoms with Crippen molar-refractivity contribution in [3.8, 4) is 16.9 Å². The molecule has 2 aromatic heterocycles. The summed E-state index contributed by atoms with van der Waals surface area (Å²) in [7, 11) is 1.40. The van der Waals surface area contributed by atoms with Gasteiger partial charge in [-0.1, -0.05) is 0 Å². The first kappa shape index (κ1) is 15.9. The standard InChI is InChI=1S/C18H14F2N3O/c1-11-5-6-21-17(7-11)23-18-9-14(15(20)10-22-18)13-4-3-12(19)8-16(13)24-2/h3-10H,1H2,2H3,(H,21,22,23). The SMILES string of the molecule is [CH2]c1ccnc(Nc2cc(-c3ccc(F)cc3OC)c(F)cn2)c1. The Bertz CT molecular complexity index is 884. The number of anilines is 2. The minimum atomic E-state index is -0.538. The molecule has 0 saturated heterocycles. The first-order valence-electron chi connectivity index (χ1n) is 7.11. The fraction of sp³-hybridized carbons (Fsp3) is 0.0556. The number of pyridine rings is 2. The third-order valence-corrected chi connectivity index (χ3v) is 3.39. The molecule has 3 rings (SSSR count). The van der Waals surface area contributed by atoms with Gasteiger partial charge in [0, 0.05) is 23.4 Å². The second-order valence-electron chi connectivity index (χ2n) is 5.07. The quantitative estimate of drug-likeness (QED) is 0.774. The van der Waals surface area contributed by atoms with E-state index in [1.54, 1.807) is 18.3 Å². The molecule has 1 N–H and O–H groups in total. The van der Waals surface area contributed by atoms with Crippen LogP contribution in [0.1, 0.15) is 5.56 Å². The van der Waals surface area contributed by atoms with Crippen molar-refractivity contribution in [2.24, 2.45) is 0 Å². The van der Waals surface area contributed by atoms with Gasteiger partial charge in [-0.15, -0.1) is 0 Å². The monoisotopic (exact) mass is 326 g/mol. The van der Waals surface area contributed by atoms with Gasteiger partial charge < -0.3 is 10.1 Å². The van der Waals surface area contributed by atoms with Gasteiger partial charge in [-0.25, -0.2) is 18.7 Å². The zero-order valence-electron chi connectivity index (χ0n) is 12.9. The number of nitrogens with zero attached hydrogens (tertiary/aromatic N) is 2. The number of methoxy groups -OCH3 is 1. The largest absolute Gasteiger partial charge is 0.496 e. The van der Waals surface area contributed by atoms with Crippen molar-refractivity contribution in [3.05, 3.63) is 72.9 Å². The number of benzene rings is 1. The predicted molar refractivity (Wildman–Crippen MR) is 88.1 cm³/mol. The highest BCUT2D eigenvalue weighted by atomic mass is 19.1. The number of halogens is 2. The Morgan fingerprint density at radius 2 is 1.79 bits per heavy atom. The average molecular weight is 326 g/mol. The van der Waals surface area contributed by atoms with Crippen LogP contribution in [0.15, 0.2) is 48.8 Å². The molecule has 0 aliphatic rings. The summed E-state index contributed by atoms with van der Waals surface area (Å²) in [5.41, 5.74) is 1.46. The van der Waals surface area contributed by atoms with E-state index in [4.69, 9.17) is 4.74 Å². The van der Waals surface area contributed by atoms with Crippen LogP contribution in [0, 0.1) is 18.6 Å². The number of nitrogens with one attached hydrogen (secondary N) is 1. The van der Waals surface area contributed by atoms with Gasteiger partial charge in [-0.3, -0.25) is 0 Å². The van der Waals surface area contributed by atoms with Crippen LogP contribution >= 0.6 is 0 Å². The Morgan fingerprint density at radius 3 is 2.54 bits per heavy atom. The Balaban J connectivity index is 2.01. The van der Waals surface area contributed by atoms with Crippen molar-refractivity contribution in [3.63, 3.8) is 0 Å². The van der Waals surface area contributed by atoms with E-state index < -0.39 is 11.6 Å². The molecule has 0 aliphatic carbocycles. The molecule has 2 heterocycles. The summed E-state index contributed by atoms with van der Waals surface area (Å²) in [6.45, 7) is 3.82. The minimum Gasteiger partial charge on any atom is -0.496 e. The number of aromatic nitrogens is 2. The molecule has 0 saturated carbocycles. The Morgan fingerprint density at radius 1 is 1.00 bits per heavy atom. The maximum Gasteiger partial charge on any atom is 0.149 e. The second-order valence-corrected chi connectivity index (χ2v) is 5.07. The van der Waals surface area contributed by atoms with E-state index >= 15 is 0 Å². The molecule has 1 radical (unpaired) electrons. The van der Waals surface area contributed by atoms with Crippen LogP contribution in [0.5, 0.6) is 5.75 Å². The lowest BCUT2D eigenvalue weighted by atomic mass is 10.0. The average Bonchev–Trinajstić information content (AvgIpc) is 2.57. The highest BCUT2D eigenvalue weighted by Gasteiger charge is 2.13. The number of hydrogen-bond donors (Lipinski definition) is 1. The van der Waals surface area contributed by atoms with Gasteiger partial charge in [0.25, 0.3) is 0 Å². The zero-order chi connectivity index (χ0) is 17.1. The van der Waals surface area contributed by atoms with E-state index in [1.807, 2.05) is 0 Å². The van der Waals surface area contributed by atoms with Crippen molar-refractivity contribution >= 4 is 11.6 Å². The molecule has 4 nitrogen and oxygen atoms in total. The number of ether oxygens (including phenoxy) is 1. The minimum absolute atomic E-state index is 0.240. The maximum absolute atomic E-state index is 14.2. The lowest BCUT2D eigenvalue weighted by Crippen LogP contribution is -1.99. The van der Waals surface area contributed by atoms with Crippen molar-refractivity contribution in [2.45, 2.75) is 0 Å². The summed E-state index contributed by atoms with van der Waals surface area (Å²) in [6.07, 6.45) is 2.70. The topological polar surface area (TPSA) is 47.0 Å². The van der Waals surface area contributed by atoms with E-state index in [0.717, 1.165) is 11.8 Å². The molecule has 0 unspecified atom stereocenters. The lowest BCUT2D eigenvalue weighted by Gasteiger charge is -2.11. The molecule has 6 heteroatoms. The molecule has 0 amide bonds. The van der Waals surface area contributed by atoms with Gasteiger partial charge in [0.2, 0.25) is 0 Å². The molecule has 0 fully saturated rings. The van der Waals surface area contributed by atoms with E-state index in [2.05, 4.69) is 22.2 Å². The predicted octanol–water partition coefficient (Wildman–Crippen LogP) is 4.36. The van der Waals surface area contributed by atoms with E-state index in [9.17, 15) is 8.78 Å². The highest BCUT2D eigenvalue weighted by molar-refractivity contribution is 5.73. The van der Waals surface area contributed by atoms with E-state index in [0.29, 0.717) is 17.2 Å². The summed E-state index contributed by atoms with van der Waals surface area (Å²) >= 11 is 0. The number of rotatable bonds is 4. The van der Waals surface area contributed by atoms with Gasteiger partial charge >= 0.3 is 0 Å². The normalized spacial score (nSPS) is 10.5. The van der Waals surface area contributed by atoms with Crippen LogP contribution in [0.2, 0.25) is 0 Å². The third kappa shape index (κ3) is 3.32. The summed E-state index contributed by atoms with van der Waals surface area (Å²) in [4.78, 5) is 8.15. The zero-order valence-corrected chi connectivity index (χ0v) is 12.9. The molecule has 3 aromatic rings. The number of hydrogen-bond acceptors (Lipinski definition) is 4. The van der Waals surface area contributed by atoms with Crippen LogP contribution < -0.4 is 10.1 Å². The smallest absolute Gasteiger partial charge is 0.149 e. The molecule has 0 spiro atoms. The summed E-state index contributed by atoms with van der Waals surface area (Å²) in [5.74, 6) is 0.183. The third-order valence-electron chi connectivity index (χ3n) is 3.39. The molecular formula is C18H14F2N3O. The molecule has 0 bridgehead atoms. The van der Waals surface area contributed by atoms with Crippen LogP contribution in [-0.4, -0.2) is 17.1 Å². The first-order valence-corrected chi connectivity index (χ1v) is 7.11. The van der Waals surface area contributed by atoms with Gasteiger partial charge in [0.1, 0.15) is 29.0 Å². The van der Waals surface area contributed by atoms with Crippen molar-refractivity contribution < 1.29 is 13.5 Å². The van der Waals surface area contributed by atoms with Gasteiger partial charge in [-0.2, -0.15) is 0 Å². The molecule has 1 aromatic carbocycles. The second kappa shape index (κ2) is 6.62. The highest BCUT2D eigenvalue weighted by Crippen LogP contribution is 2.33. The lowest BCUT2D eigenvalue weighted by molar-refractivity contribution is 0.412. The molecule has 24 heavy (non-hydrogen) atoms. The van der Waals surface area contributed by atoms with E-state index in [1.165, 1.54) is 31.4 Å². The maximum atomic E-state index is 14.2. The van der Waals surface area contributed by atoms with Crippen molar-refractivity contribution in [1.82, 2.24) is 9.97 Å². The molecule has 0 aliphatic heterocycles. The van der Waals surface area contributed by atoms with Crippen LogP contribution in [0.4, 0.5) is 20.4 Å². The fourth-order valence-electron chi connectivity index (χ4n) is 2.27. The fourth-order valence-corrected chi connectivity index (χ4v) is 2.27. The van der Waals surface area contributed by atoms with Crippen LogP contribution in [-0.2, 0) is 0 Å². The first-order chi connectivity index (χ1) is 11.6. The van der Waals surface area contributed by atoms with Gasteiger partial charge in [0.15, 0.2) is 0 Å². The molecular weight excluding hydrogens is 312 g/mol. The van der Waals surface area contributed by atoms with E-state index in [-0.39, 0.29) is 11.3 Å². The Kier molecular flexibility index (Phi) is 4.37. The summed E-state index contributed by atoms with van der Waals surface area (Å²) < 4.78 is 32.7. The Labute approximate surface area is 138 Å². The molecule has 121 valence electrons. The summed E-state index contributed by atoms with van der Waals surface area (Å²) in [6, 6.07) is 8.93. The van der Waals surface area contributed by atoms with Gasteiger partial charge in [-0.05, 0) is 42.8 Å². The van der Waals surface area contributed by atoms with Crippen molar-refractivity contribution in [2.75, 3.05) is 12.4 Å². The van der Waals surface area contributed by atoms with Crippen LogP contribution in [0.3, 0.4) is 0 Å². The Hall–Kier alpha value is -3.02. The van der Waals surface area contributed by atoms with Crippen LogP contribution in [0.25, 0.3) is 11.1 Å².